The summed E-state index contributed by atoms with van der Waals surface area (Å²) < 4.78 is 0. The highest BCUT2D eigenvalue weighted by atomic mass is 32.1. The number of aromatic nitrogens is 1. The van der Waals surface area contributed by atoms with E-state index in [-0.39, 0.29) is 5.91 Å². The van der Waals surface area contributed by atoms with Crippen LogP contribution in [0.15, 0.2) is 35.7 Å². The third kappa shape index (κ3) is 6.21. The number of carbonyl (C=O) groups excluding carboxylic acids is 1. The Morgan fingerprint density at radius 1 is 1.24 bits per heavy atom. The number of carbonyl (C=O) groups is 1. The van der Waals surface area contributed by atoms with Gasteiger partial charge in [-0.3, -0.25) is 10.1 Å². The van der Waals surface area contributed by atoms with Crippen LogP contribution in [0, 0.1) is 0 Å². The molecule has 1 aromatic heterocycles. The van der Waals surface area contributed by atoms with E-state index in [1.165, 1.54) is 11.3 Å². The van der Waals surface area contributed by atoms with Gasteiger partial charge >= 0.3 is 0 Å². The minimum atomic E-state index is -0.403. The summed E-state index contributed by atoms with van der Waals surface area (Å²) in [5.74, 6) is 0.0416. The lowest BCUT2D eigenvalue weighted by Crippen LogP contribution is -2.46. The number of hydrogen-bond donors (Lipinski definition) is 2. The van der Waals surface area contributed by atoms with Gasteiger partial charge in [0.2, 0.25) is 0 Å². The zero-order valence-corrected chi connectivity index (χ0v) is 15.7. The largest absolute Gasteiger partial charge is 0.335 e. The van der Waals surface area contributed by atoms with Crippen LogP contribution in [-0.4, -0.2) is 52.8 Å². The second kappa shape index (κ2) is 9.05. The maximum Gasteiger partial charge on any atom is 0.273 e. The summed E-state index contributed by atoms with van der Waals surface area (Å²) in [7, 11) is 0. The molecule has 3 rings (SSSR count). The Kier molecular flexibility index (Phi) is 7.07. The number of benzene rings is 1. The van der Waals surface area contributed by atoms with E-state index in [0.29, 0.717) is 5.69 Å². The molecule has 0 bridgehead atoms. The Balaban J connectivity index is 0.000000326. The standard InChI is InChI=1S/C14H15N3OS.C4H10O2/c18-14(17-8-6-15-7-9-17)12-10-19-13(16-12)11-4-2-1-3-5-11;1-4(2,3)6-5/h1-5,10,15H,6-9H2;5H,1-3H3. The quantitative estimate of drug-likeness (QED) is 0.633. The zero-order chi connectivity index (χ0) is 18.3. The first-order valence-electron chi connectivity index (χ1n) is 8.24. The van der Waals surface area contributed by atoms with E-state index >= 15 is 0 Å². The summed E-state index contributed by atoms with van der Waals surface area (Å²) in [6.07, 6.45) is 0. The predicted octanol–water partition coefficient (Wildman–Crippen LogP) is 3.13. The van der Waals surface area contributed by atoms with Gasteiger partial charge in [-0.2, -0.15) is 0 Å². The van der Waals surface area contributed by atoms with Crippen LogP contribution in [0.2, 0.25) is 0 Å². The first kappa shape index (κ1) is 19.5. The molecule has 1 aliphatic rings. The lowest BCUT2D eigenvalue weighted by Gasteiger charge is -2.26. The lowest BCUT2D eigenvalue weighted by atomic mass is 10.2. The SMILES string of the molecule is CC(C)(C)OO.O=C(c1csc(-c2ccccc2)n1)N1CCNCC1. The molecule has 2 heterocycles. The summed E-state index contributed by atoms with van der Waals surface area (Å²) in [6.45, 7) is 8.56. The summed E-state index contributed by atoms with van der Waals surface area (Å²) in [5.41, 5.74) is 1.22. The van der Waals surface area contributed by atoms with Gasteiger partial charge in [-0.15, -0.1) is 11.3 Å². The maximum absolute atomic E-state index is 12.3. The van der Waals surface area contributed by atoms with Gasteiger partial charge in [0.05, 0.1) is 5.60 Å². The van der Waals surface area contributed by atoms with Crippen molar-refractivity contribution >= 4 is 17.2 Å². The molecule has 136 valence electrons. The molecule has 0 unspecified atom stereocenters. The van der Waals surface area contributed by atoms with Crippen molar-refractivity contribution < 1.29 is 14.9 Å². The number of hydrogen-bond acceptors (Lipinski definition) is 6. The Morgan fingerprint density at radius 2 is 1.84 bits per heavy atom. The lowest BCUT2D eigenvalue weighted by molar-refractivity contribution is -0.306. The van der Waals surface area contributed by atoms with Gasteiger partial charge in [0.15, 0.2) is 0 Å². The molecule has 1 aliphatic heterocycles. The van der Waals surface area contributed by atoms with E-state index < -0.39 is 5.60 Å². The molecule has 6 nitrogen and oxygen atoms in total. The molecule has 0 radical (unpaired) electrons. The molecule has 0 saturated carbocycles. The van der Waals surface area contributed by atoms with E-state index in [9.17, 15) is 4.79 Å². The highest BCUT2D eigenvalue weighted by Gasteiger charge is 2.20. The number of amides is 1. The maximum atomic E-state index is 12.3. The van der Waals surface area contributed by atoms with Crippen molar-refractivity contribution in [2.75, 3.05) is 26.2 Å². The van der Waals surface area contributed by atoms with E-state index in [2.05, 4.69) is 15.2 Å². The minimum Gasteiger partial charge on any atom is -0.335 e. The van der Waals surface area contributed by atoms with Crippen LogP contribution in [0.25, 0.3) is 10.6 Å². The van der Waals surface area contributed by atoms with Gasteiger partial charge in [-0.25, -0.2) is 9.87 Å². The normalized spacial score (nSPS) is 14.6. The fraction of sp³-hybridized carbons (Fsp3) is 0.444. The second-order valence-electron chi connectivity index (χ2n) is 6.65. The monoisotopic (exact) mass is 363 g/mol. The molecule has 25 heavy (non-hydrogen) atoms. The van der Waals surface area contributed by atoms with E-state index in [1.54, 1.807) is 20.8 Å². The molecule has 0 atom stereocenters. The third-order valence-electron chi connectivity index (χ3n) is 3.42. The summed E-state index contributed by atoms with van der Waals surface area (Å²) in [5, 5.41) is 13.9. The first-order chi connectivity index (χ1) is 11.9. The van der Waals surface area contributed by atoms with Gasteiger partial charge in [0, 0.05) is 37.1 Å². The Hall–Kier alpha value is -1.80. The van der Waals surface area contributed by atoms with E-state index in [4.69, 9.17) is 5.26 Å². The van der Waals surface area contributed by atoms with Crippen molar-refractivity contribution in [3.05, 3.63) is 41.4 Å². The van der Waals surface area contributed by atoms with E-state index in [0.717, 1.165) is 36.8 Å². The molecule has 1 fully saturated rings. The summed E-state index contributed by atoms with van der Waals surface area (Å²) in [6, 6.07) is 9.96. The molecule has 1 aromatic carbocycles. The molecule has 0 aliphatic carbocycles. The number of rotatable bonds is 2. The molecule has 2 N–H and O–H groups in total. The molecule has 2 aromatic rings. The Morgan fingerprint density at radius 3 is 2.40 bits per heavy atom. The number of nitrogens with zero attached hydrogens (tertiary/aromatic N) is 2. The van der Waals surface area contributed by atoms with Crippen molar-refractivity contribution in [3.8, 4) is 10.6 Å². The Labute approximate surface area is 152 Å². The molecular formula is C18H25N3O3S. The molecule has 1 amide bonds. The van der Waals surface area contributed by atoms with Gasteiger partial charge in [0.1, 0.15) is 10.7 Å². The van der Waals surface area contributed by atoms with Gasteiger partial charge in [-0.05, 0) is 20.8 Å². The first-order valence-corrected chi connectivity index (χ1v) is 9.12. The Bertz CT molecular complexity index is 662. The molecule has 7 heteroatoms. The second-order valence-corrected chi connectivity index (χ2v) is 7.51. The topological polar surface area (TPSA) is 74.7 Å². The average molecular weight is 363 g/mol. The summed E-state index contributed by atoms with van der Waals surface area (Å²) >= 11 is 1.52. The molecular weight excluding hydrogens is 338 g/mol. The summed E-state index contributed by atoms with van der Waals surface area (Å²) in [4.78, 5) is 22.5. The number of thiazole rings is 1. The average Bonchev–Trinajstić information content (AvgIpc) is 3.13. The number of nitrogens with one attached hydrogen (secondary N) is 1. The minimum absolute atomic E-state index is 0.0416. The van der Waals surface area contributed by atoms with Crippen LogP contribution in [0.1, 0.15) is 31.3 Å². The van der Waals surface area contributed by atoms with Crippen molar-refractivity contribution in [2.24, 2.45) is 0 Å². The van der Waals surface area contributed by atoms with Gasteiger partial charge in [-0.1, -0.05) is 30.3 Å². The third-order valence-corrected chi connectivity index (χ3v) is 4.31. The fourth-order valence-electron chi connectivity index (χ4n) is 2.12. The highest BCUT2D eigenvalue weighted by molar-refractivity contribution is 7.13. The smallest absolute Gasteiger partial charge is 0.273 e. The molecule has 0 spiro atoms. The number of piperazine rings is 1. The van der Waals surface area contributed by atoms with Crippen molar-refractivity contribution in [3.63, 3.8) is 0 Å². The van der Waals surface area contributed by atoms with Gasteiger partial charge in [0.25, 0.3) is 5.91 Å². The van der Waals surface area contributed by atoms with Crippen LogP contribution in [0.3, 0.4) is 0 Å². The van der Waals surface area contributed by atoms with Crippen LogP contribution < -0.4 is 5.32 Å². The predicted molar refractivity (Wildman–Crippen MR) is 99.8 cm³/mol. The fourth-order valence-corrected chi connectivity index (χ4v) is 2.92. The molecule has 1 saturated heterocycles. The van der Waals surface area contributed by atoms with E-state index in [1.807, 2.05) is 40.6 Å². The van der Waals surface area contributed by atoms with Crippen molar-refractivity contribution in [2.45, 2.75) is 26.4 Å². The van der Waals surface area contributed by atoms with Crippen molar-refractivity contribution in [1.82, 2.24) is 15.2 Å². The van der Waals surface area contributed by atoms with Crippen LogP contribution in [0.5, 0.6) is 0 Å². The van der Waals surface area contributed by atoms with Gasteiger partial charge < -0.3 is 10.2 Å². The van der Waals surface area contributed by atoms with Crippen molar-refractivity contribution in [1.29, 1.82) is 0 Å². The highest BCUT2D eigenvalue weighted by Crippen LogP contribution is 2.23. The van der Waals surface area contributed by atoms with Crippen LogP contribution >= 0.6 is 11.3 Å². The van der Waals surface area contributed by atoms with Crippen LogP contribution in [-0.2, 0) is 4.89 Å². The van der Waals surface area contributed by atoms with Crippen LogP contribution in [0.4, 0.5) is 0 Å². The zero-order valence-electron chi connectivity index (χ0n) is 14.9.